The van der Waals surface area contributed by atoms with Crippen LogP contribution in [0, 0.1) is 5.82 Å². The van der Waals surface area contributed by atoms with Gasteiger partial charge in [-0.2, -0.15) is 0 Å². The van der Waals surface area contributed by atoms with E-state index in [2.05, 4.69) is 20.5 Å². The second-order valence-corrected chi connectivity index (χ2v) is 6.14. The molecule has 1 aliphatic rings. The monoisotopic (exact) mass is 365 g/mol. The van der Waals surface area contributed by atoms with Crippen LogP contribution in [-0.2, 0) is 11.3 Å². The highest BCUT2D eigenvalue weighted by atomic mass is 79.9. The summed E-state index contributed by atoms with van der Waals surface area (Å²) in [6.45, 7) is 5.25. The van der Waals surface area contributed by atoms with Gasteiger partial charge in [-0.1, -0.05) is 6.92 Å². The molecule has 1 atom stereocenters. The molecule has 1 aliphatic heterocycles. The van der Waals surface area contributed by atoms with Crippen LogP contribution in [0.3, 0.4) is 0 Å². The van der Waals surface area contributed by atoms with E-state index in [0.717, 1.165) is 21.7 Å². The molecule has 0 N–H and O–H groups in total. The molecule has 0 bridgehead atoms. The number of amides is 1. The molecule has 0 saturated heterocycles. The summed E-state index contributed by atoms with van der Waals surface area (Å²) in [7, 11) is 0. The molecule has 0 aliphatic carbocycles. The number of benzene rings is 1. The van der Waals surface area contributed by atoms with Crippen molar-refractivity contribution in [2.24, 2.45) is 0 Å². The minimum atomic E-state index is -0.267. The minimum Gasteiger partial charge on any atom is -0.331 e. The summed E-state index contributed by atoms with van der Waals surface area (Å²) in [6.07, 6.45) is 0.497. The molecule has 0 fully saturated rings. The zero-order valence-corrected chi connectivity index (χ0v) is 14.1. The molecule has 3 rings (SSSR count). The van der Waals surface area contributed by atoms with Crippen molar-refractivity contribution in [3.05, 3.63) is 40.5 Å². The predicted octanol–water partition coefficient (Wildman–Crippen LogP) is 3.76. The van der Waals surface area contributed by atoms with E-state index < -0.39 is 0 Å². The molecule has 1 aromatic heterocycles. The average molecular weight is 366 g/mol. The Kier molecular flexibility index (Phi) is 4.04. The Labute approximate surface area is 137 Å². The second kappa shape index (κ2) is 5.83. The number of carbonyl (C=O) groups excluding carboxylic acids is 1. The fraction of sp³-hybridized carbons (Fsp3) is 0.375. The number of carbonyl (C=O) groups is 1. The number of rotatable bonds is 2. The summed E-state index contributed by atoms with van der Waals surface area (Å²) in [6, 6.07) is 6.22. The molecule has 0 spiro atoms. The van der Waals surface area contributed by atoms with Crippen LogP contribution in [0.15, 0.2) is 28.9 Å². The first kappa shape index (κ1) is 15.2. The summed E-state index contributed by atoms with van der Waals surface area (Å²) < 4.78 is 16.1. The molecule has 1 aromatic carbocycles. The van der Waals surface area contributed by atoms with Crippen LogP contribution in [0.25, 0.3) is 11.3 Å². The highest BCUT2D eigenvalue weighted by Crippen LogP contribution is 2.35. The van der Waals surface area contributed by atoms with E-state index in [-0.39, 0.29) is 17.8 Å². The van der Waals surface area contributed by atoms with E-state index >= 15 is 0 Å². The Morgan fingerprint density at radius 1 is 1.36 bits per heavy atom. The summed E-state index contributed by atoms with van der Waals surface area (Å²) in [4.78, 5) is 18.6. The largest absolute Gasteiger partial charge is 0.331 e. The average Bonchev–Trinajstić information content (AvgIpc) is 2.86. The number of hydrogen-bond donors (Lipinski definition) is 0. The van der Waals surface area contributed by atoms with Crippen molar-refractivity contribution in [1.82, 2.24) is 14.5 Å². The lowest BCUT2D eigenvalue weighted by atomic mass is 10.2. The van der Waals surface area contributed by atoms with Crippen molar-refractivity contribution in [2.45, 2.75) is 32.9 Å². The maximum Gasteiger partial charge on any atom is 0.222 e. The van der Waals surface area contributed by atoms with Crippen molar-refractivity contribution in [3.8, 4) is 11.3 Å². The topological polar surface area (TPSA) is 38.1 Å². The first-order chi connectivity index (χ1) is 10.5. The number of fused-ring (bicyclic) bond motifs is 1. The lowest BCUT2D eigenvalue weighted by Gasteiger charge is -2.33. The third-order valence-corrected chi connectivity index (χ3v) is 4.89. The van der Waals surface area contributed by atoms with Gasteiger partial charge < -0.3 is 9.47 Å². The van der Waals surface area contributed by atoms with E-state index in [0.29, 0.717) is 19.5 Å². The summed E-state index contributed by atoms with van der Waals surface area (Å²) >= 11 is 3.60. The highest BCUT2D eigenvalue weighted by Gasteiger charge is 2.31. The molecule has 0 saturated carbocycles. The molecular weight excluding hydrogens is 349 g/mol. The Hall–Kier alpha value is -1.69. The number of nitrogens with zero attached hydrogens (tertiary/aromatic N) is 3. The maximum absolute atomic E-state index is 13.1. The Bertz CT molecular complexity index is 711. The van der Waals surface area contributed by atoms with Crippen molar-refractivity contribution in [3.63, 3.8) is 0 Å². The lowest BCUT2D eigenvalue weighted by molar-refractivity contribution is -0.134. The zero-order valence-electron chi connectivity index (χ0n) is 12.5. The van der Waals surface area contributed by atoms with Gasteiger partial charge in [0, 0.05) is 25.1 Å². The van der Waals surface area contributed by atoms with E-state index in [9.17, 15) is 9.18 Å². The first-order valence-electron chi connectivity index (χ1n) is 7.34. The van der Waals surface area contributed by atoms with Gasteiger partial charge in [0.25, 0.3) is 0 Å². The van der Waals surface area contributed by atoms with Crippen LogP contribution < -0.4 is 0 Å². The van der Waals surface area contributed by atoms with Crippen molar-refractivity contribution >= 4 is 21.8 Å². The van der Waals surface area contributed by atoms with Gasteiger partial charge in [0.1, 0.15) is 21.9 Å². The molecule has 2 aromatic rings. The quantitative estimate of drug-likeness (QED) is 0.812. The van der Waals surface area contributed by atoms with Gasteiger partial charge in [0.05, 0.1) is 6.04 Å². The minimum absolute atomic E-state index is 0.0632. The Morgan fingerprint density at radius 3 is 2.68 bits per heavy atom. The summed E-state index contributed by atoms with van der Waals surface area (Å²) in [5, 5.41) is 0. The molecular formula is C16H17BrFN3O. The third-order valence-electron chi connectivity index (χ3n) is 4.08. The van der Waals surface area contributed by atoms with Gasteiger partial charge in [-0.3, -0.25) is 4.79 Å². The van der Waals surface area contributed by atoms with E-state index in [1.807, 2.05) is 18.7 Å². The van der Waals surface area contributed by atoms with Gasteiger partial charge in [-0.15, -0.1) is 0 Å². The summed E-state index contributed by atoms with van der Waals surface area (Å²) in [5.41, 5.74) is 1.64. The second-order valence-electron chi connectivity index (χ2n) is 5.38. The van der Waals surface area contributed by atoms with Gasteiger partial charge in [-0.25, -0.2) is 9.37 Å². The highest BCUT2D eigenvalue weighted by molar-refractivity contribution is 9.10. The smallest absolute Gasteiger partial charge is 0.222 e. The van der Waals surface area contributed by atoms with Gasteiger partial charge in [-0.05, 0) is 47.1 Å². The fourth-order valence-electron chi connectivity index (χ4n) is 2.86. The molecule has 2 heterocycles. The predicted molar refractivity (Wildman–Crippen MR) is 85.7 cm³/mol. The molecule has 4 nitrogen and oxygen atoms in total. The standard InChI is InChI=1S/C16H17BrFN3O/c1-3-13(22)20-8-9-21-15(17)14(19-16(21)10(20)2)11-4-6-12(18)7-5-11/h4-7,10H,3,8-9H2,1-2H3/t10-/m1/s1. The van der Waals surface area contributed by atoms with Crippen LogP contribution in [0.4, 0.5) is 4.39 Å². The maximum atomic E-state index is 13.1. The fourth-order valence-corrected chi connectivity index (χ4v) is 3.53. The molecule has 1 amide bonds. The van der Waals surface area contributed by atoms with Gasteiger partial charge in [0.15, 0.2) is 0 Å². The summed E-state index contributed by atoms with van der Waals surface area (Å²) in [5.74, 6) is 0.734. The number of aromatic nitrogens is 2. The van der Waals surface area contributed by atoms with Crippen LogP contribution in [0.1, 0.15) is 32.1 Å². The zero-order chi connectivity index (χ0) is 15.9. The Balaban J connectivity index is 2.01. The first-order valence-corrected chi connectivity index (χ1v) is 8.13. The van der Waals surface area contributed by atoms with E-state index in [1.165, 1.54) is 12.1 Å². The number of halogens is 2. The van der Waals surface area contributed by atoms with Gasteiger partial charge in [0.2, 0.25) is 5.91 Å². The lowest BCUT2D eigenvalue weighted by Crippen LogP contribution is -2.40. The van der Waals surface area contributed by atoms with Crippen molar-refractivity contribution in [2.75, 3.05) is 6.54 Å². The van der Waals surface area contributed by atoms with Crippen LogP contribution in [0.5, 0.6) is 0 Å². The van der Waals surface area contributed by atoms with Crippen LogP contribution in [0.2, 0.25) is 0 Å². The van der Waals surface area contributed by atoms with E-state index in [1.54, 1.807) is 12.1 Å². The van der Waals surface area contributed by atoms with Crippen molar-refractivity contribution < 1.29 is 9.18 Å². The molecule has 6 heteroatoms. The van der Waals surface area contributed by atoms with Crippen LogP contribution >= 0.6 is 15.9 Å². The normalized spacial score (nSPS) is 17.5. The van der Waals surface area contributed by atoms with E-state index in [4.69, 9.17) is 4.98 Å². The number of imidazole rings is 1. The SMILES string of the molecule is CCC(=O)N1CCn2c(nc(-c3ccc(F)cc3)c2Br)[C@H]1C. The van der Waals surface area contributed by atoms with Crippen LogP contribution in [-0.4, -0.2) is 26.9 Å². The molecule has 0 radical (unpaired) electrons. The Morgan fingerprint density at radius 2 is 2.05 bits per heavy atom. The number of hydrogen-bond acceptors (Lipinski definition) is 2. The molecule has 22 heavy (non-hydrogen) atoms. The van der Waals surface area contributed by atoms with Crippen molar-refractivity contribution in [1.29, 1.82) is 0 Å². The molecule has 0 unspecified atom stereocenters. The molecule has 116 valence electrons. The third kappa shape index (κ3) is 2.45. The van der Waals surface area contributed by atoms with Gasteiger partial charge >= 0.3 is 0 Å².